The van der Waals surface area contributed by atoms with Crippen LogP contribution in [0, 0.1) is 13.0 Å². The van der Waals surface area contributed by atoms with Gasteiger partial charge in [0.15, 0.2) is 0 Å². The highest BCUT2D eigenvalue weighted by Crippen LogP contribution is 2.28. The smallest absolute Gasteiger partial charge is 0.136 e. The summed E-state index contributed by atoms with van der Waals surface area (Å²) in [5.41, 5.74) is 3.09. The Kier molecular flexibility index (Phi) is 1.42. The molecule has 67 valence electrons. The van der Waals surface area contributed by atoms with Crippen LogP contribution in [0.2, 0.25) is 0 Å². The van der Waals surface area contributed by atoms with Crippen LogP contribution in [0.3, 0.4) is 0 Å². The van der Waals surface area contributed by atoms with E-state index >= 15 is 0 Å². The Labute approximate surface area is 82.0 Å². The quantitative estimate of drug-likeness (QED) is 0.515. The van der Waals surface area contributed by atoms with Gasteiger partial charge in [-0.3, -0.25) is 0 Å². The Morgan fingerprint density at radius 1 is 1.07 bits per heavy atom. The van der Waals surface area contributed by atoms with Crippen LogP contribution < -0.4 is 0 Å². The zero-order valence-electron chi connectivity index (χ0n) is 7.87. The number of rotatable bonds is 0. The van der Waals surface area contributed by atoms with Crippen LogP contribution in [-0.4, -0.2) is 0 Å². The van der Waals surface area contributed by atoms with Gasteiger partial charge < -0.3 is 4.42 Å². The standard InChI is InChI=1S/C13H9O/c1-9-6-7-11-10-4-2-3-5-12(10)14-13(11)8-9/h2,4-8H,1H3. The third-order valence-corrected chi connectivity index (χ3v) is 2.47. The summed E-state index contributed by atoms with van der Waals surface area (Å²) in [4.78, 5) is 0. The van der Waals surface area contributed by atoms with Gasteiger partial charge in [-0.25, -0.2) is 0 Å². The number of benzene rings is 2. The predicted octanol–water partition coefficient (Wildman–Crippen LogP) is 3.69. The summed E-state index contributed by atoms with van der Waals surface area (Å²) in [5.74, 6) is 0. The average molecular weight is 181 g/mol. The minimum atomic E-state index is 0.910. The van der Waals surface area contributed by atoms with Gasteiger partial charge in [-0.2, -0.15) is 0 Å². The van der Waals surface area contributed by atoms with Crippen LogP contribution in [0.15, 0.2) is 40.8 Å². The molecule has 0 amide bonds. The monoisotopic (exact) mass is 181 g/mol. The highest BCUT2D eigenvalue weighted by molar-refractivity contribution is 6.04. The first-order valence-corrected chi connectivity index (χ1v) is 4.63. The maximum Gasteiger partial charge on any atom is 0.136 e. The van der Waals surface area contributed by atoms with Crippen molar-refractivity contribution in [2.75, 3.05) is 0 Å². The Morgan fingerprint density at radius 3 is 2.86 bits per heavy atom. The molecule has 1 aromatic heterocycles. The summed E-state index contributed by atoms with van der Waals surface area (Å²) in [6.07, 6.45) is 0. The molecular formula is C13H9O. The van der Waals surface area contributed by atoms with Crippen LogP contribution in [0.25, 0.3) is 21.9 Å². The van der Waals surface area contributed by atoms with Crippen molar-refractivity contribution >= 4 is 21.9 Å². The van der Waals surface area contributed by atoms with E-state index in [1.165, 1.54) is 16.3 Å². The maximum atomic E-state index is 5.70. The first-order chi connectivity index (χ1) is 6.84. The number of fused-ring (bicyclic) bond motifs is 3. The van der Waals surface area contributed by atoms with Gasteiger partial charge in [0.25, 0.3) is 0 Å². The second-order valence-electron chi connectivity index (χ2n) is 3.52. The van der Waals surface area contributed by atoms with Gasteiger partial charge in [0.05, 0.1) is 0 Å². The fourth-order valence-electron chi connectivity index (χ4n) is 1.78. The largest absolute Gasteiger partial charge is 0.456 e. The molecule has 0 unspecified atom stereocenters. The van der Waals surface area contributed by atoms with E-state index in [-0.39, 0.29) is 0 Å². The number of hydrogen-bond acceptors (Lipinski definition) is 1. The van der Waals surface area contributed by atoms with E-state index < -0.39 is 0 Å². The molecule has 1 heteroatoms. The Morgan fingerprint density at radius 2 is 1.93 bits per heavy atom. The fourth-order valence-corrected chi connectivity index (χ4v) is 1.78. The molecule has 0 fully saturated rings. The zero-order valence-corrected chi connectivity index (χ0v) is 7.87. The Bertz CT molecular complexity index is 605. The van der Waals surface area contributed by atoms with Gasteiger partial charge >= 0.3 is 0 Å². The second-order valence-corrected chi connectivity index (χ2v) is 3.52. The van der Waals surface area contributed by atoms with Gasteiger partial charge in [0, 0.05) is 10.8 Å². The summed E-state index contributed by atoms with van der Waals surface area (Å²) in [6, 6.07) is 15.1. The van der Waals surface area contributed by atoms with Crippen molar-refractivity contribution in [1.82, 2.24) is 0 Å². The summed E-state index contributed by atoms with van der Waals surface area (Å²) in [7, 11) is 0. The van der Waals surface area contributed by atoms with Gasteiger partial charge in [-0.1, -0.05) is 18.2 Å². The lowest BCUT2D eigenvalue weighted by atomic mass is 10.1. The van der Waals surface area contributed by atoms with Gasteiger partial charge in [0.1, 0.15) is 11.2 Å². The second kappa shape index (κ2) is 2.61. The zero-order chi connectivity index (χ0) is 9.54. The maximum absolute atomic E-state index is 5.70. The molecule has 1 heterocycles. The Balaban J connectivity index is 2.57. The molecule has 14 heavy (non-hydrogen) atoms. The molecule has 0 aliphatic heterocycles. The third kappa shape index (κ3) is 0.956. The molecule has 0 aliphatic carbocycles. The van der Waals surface area contributed by atoms with Crippen LogP contribution >= 0.6 is 0 Å². The molecule has 0 bridgehead atoms. The molecule has 2 aromatic carbocycles. The molecule has 0 aliphatic rings. The third-order valence-electron chi connectivity index (χ3n) is 2.47. The number of hydrogen-bond donors (Lipinski definition) is 0. The van der Waals surface area contributed by atoms with Crippen molar-refractivity contribution in [3.8, 4) is 0 Å². The molecule has 0 atom stereocenters. The van der Waals surface area contributed by atoms with E-state index in [9.17, 15) is 0 Å². The van der Waals surface area contributed by atoms with E-state index in [4.69, 9.17) is 4.42 Å². The average Bonchev–Trinajstić information content (AvgIpc) is 2.54. The van der Waals surface area contributed by atoms with Crippen molar-refractivity contribution < 1.29 is 4.42 Å². The van der Waals surface area contributed by atoms with E-state index in [0.717, 1.165) is 11.2 Å². The predicted molar refractivity (Wildman–Crippen MR) is 57.3 cm³/mol. The van der Waals surface area contributed by atoms with Crippen molar-refractivity contribution in [1.29, 1.82) is 0 Å². The van der Waals surface area contributed by atoms with Crippen LogP contribution in [0.4, 0.5) is 0 Å². The molecule has 0 N–H and O–H groups in total. The lowest BCUT2D eigenvalue weighted by Crippen LogP contribution is -1.69. The molecule has 3 rings (SSSR count). The van der Waals surface area contributed by atoms with Crippen molar-refractivity contribution in [3.63, 3.8) is 0 Å². The number of aryl methyl sites for hydroxylation is 1. The van der Waals surface area contributed by atoms with Gasteiger partial charge in [-0.15, -0.1) is 0 Å². The van der Waals surface area contributed by atoms with E-state index in [1.54, 1.807) is 0 Å². The van der Waals surface area contributed by atoms with Gasteiger partial charge in [0.2, 0.25) is 0 Å². The summed E-state index contributed by atoms with van der Waals surface area (Å²) in [5, 5.41) is 2.35. The van der Waals surface area contributed by atoms with Crippen LogP contribution in [-0.2, 0) is 0 Å². The lowest BCUT2D eigenvalue weighted by Gasteiger charge is -1.90. The fraction of sp³-hybridized carbons (Fsp3) is 0.0769. The van der Waals surface area contributed by atoms with E-state index in [2.05, 4.69) is 31.2 Å². The van der Waals surface area contributed by atoms with Crippen molar-refractivity contribution in [3.05, 3.63) is 48.0 Å². The van der Waals surface area contributed by atoms with E-state index in [1.807, 2.05) is 18.2 Å². The normalized spacial score (nSPS) is 11.2. The number of furan rings is 1. The Hall–Kier alpha value is -1.76. The minimum absolute atomic E-state index is 0.910. The highest BCUT2D eigenvalue weighted by Gasteiger charge is 2.04. The summed E-state index contributed by atoms with van der Waals surface area (Å²) in [6.45, 7) is 2.07. The molecular weight excluding hydrogens is 172 g/mol. The first-order valence-electron chi connectivity index (χ1n) is 4.63. The SMILES string of the molecule is Cc1ccc2c(c1)oc1c[c]ccc12. The van der Waals surface area contributed by atoms with E-state index in [0.29, 0.717) is 0 Å². The molecule has 0 spiro atoms. The molecule has 1 radical (unpaired) electrons. The summed E-state index contributed by atoms with van der Waals surface area (Å²) < 4.78 is 5.70. The first kappa shape index (κ1) is 7.63. The topological polar surface area (TPSA) is 13.1 Å². The minimum Gasteiger partial charge on any atom is -0.456 e. The lowest BCUT2D eigenvalue weighted by molar-refractivity contribution is 0.668. The molecule has 0 saturated heterocycles. The summed E-state index contributed by atoms with van der Waals surface area (Å²) >= 11 is 0. The van der Waals surface area contributed by atoms with Crippen LogP contribution in [0.5, 0.6) is 0 Å². The molecule has 3 aromatic rings. The van der Waals surface area contributed by atoms with Crippen molar-refractivity contribution in [2.24, 2.45) is 0 Å². The van der Waals surface area contributed by atoms with Gasteiger partial charge in [-0.05, 0) is 36.8 Å². The van der Waals surface area contributed by atoms with Crippen LogP contribution in [0.1, 0.15) is 5.56 Å². The highest BCUT2D eigenvalue weighted by atomic mass is 16.3. The molecule has 0 saturated carbocycles. The molecule has 1 nitrogen and oxygen atoms in total. The van der Waals surface area contributed by atoms with Crippen molar-refractivity contribution in [2.45, 2.75) is 6.92 Å².